The highest BCUT2D eigenvalue weighted by atomic mass is 35.5. The molecule has 6 heteroatoms. The van der Waals surface area contributed by atoms with Gasteiger partial charge in [0.2, 0.25) is 5.78 Å². The average molecular weight is 348 g/mol. The number of halogens is 2. The maximum Gasteiger partial charge on any atom is 0.355 e. The summed E-state index contributed by atoms with van der Waals surface area (Å²) in [6, 6.07) is 13.7. The van der Waals surface area contributed by atoms with Crippen molar-refractivity contribution in [2.24, 2.45) is 0 Å². The van der Waals surface area contributed by atoms with Gasteiger partial charge in [-0.05, 0) is 30.3 Å². The molecule has 0 spiro atoms. The largest absolute Gasteiger partial charge is 0.453 e. The highest BCUT2D eigenvalue weighted by Crippen LogP contribution is 2.21. The van der Waals surface area contributed by atoms with Crippen molar-refractivity contribution >= 4 is 45.9 Å². The molecule has 0 aliphatic carbocycles. The number of esters is 1. The summed E-state index contributed by atoms with van der Waals surface area (Å²) in [4.78, 5) is 27.0. The summed E-state index contributed by atoms with van der Waals surface area (Å²) in [5.41, 5.74) is 1.38. The number of ketones is 1. The van der Waals surface area contributed by atoms with Gasteiger partial charge in [-0.25, -0.2) is 4.79 Å². The average Bonchev–Trinajstić information content (AvgIpc) is 2.96. The van der Waals surface area contributed by atoms with Gasteiger partial charge in [0.1, 0.15) is 5.69 Å². The number of carbonyl (C=O) groups excluding carboxylic acids is 2. The summed E-state index contributed by atoms with van der Waals surface area (Å²) in [7, 11) is 0. The minimum absolute atomic E-state index is 0.226. The zero-order valence-corrected chi connectivity index (χ0v) is 13.3. The van der Waals surface area contributed by atoms with Gasteiger partial charge in [-0.1, -0.05) is 41.4 Å². The molecule has 0 saturated carbocycles. The fraction of sp³-hybridized carbons (Fsp3) is 0.0588. The second-order valence-electron chi connectivity index (χ2n) is 4.89. The fourth-order valence-electron chi connectivity index (χ4n) is 2.19. The third kappa shape index (κ3) is 3.38. The minimum atomic E-state index is -0.598. The Hall–Kier alpha value is -2.30. The quantitative estimate of drug-likeness (QED) is 0.557. The van der Waals surface area contributed by atoms with Crippen LogP contribution in [0.25, 0.3) is 10.9 Å². The number of ether oxygens (including phenoxy) is 1. The summed E-state index contributed by atoms with van der Waals surface area (Å²) >= 11 is 11.7. The van der Waals surface area contributed by atoms with Crippen LogP contribution in [-0.2, 0) is 4.74 Å². The first kappa shape index (κ1) is 15.6. The number of aromatic amines is 1. The van der Waals surface area contributed by atoms with Crippen molar-refractivity contribution in [3.05, 3.63) is 69.8 Å². The first-order chi connectivity index (χ1) is 11.0. The molecule has 0 fully saturated rings. The summed E-state index contributed by atoms with van der Waals surface area (Å²) in [5.74, 6) is -0.990. The molecule has 1 N–H and O–H groups in total. The van der Waals surface area contributed by atoms with Crippen LogP contribution in [0.4, 0.5) is 0 Å². The summed E-state index contributed by atoms with van der Waals surface area (Å²) < 4.78 is 5.05. The van der Waals surface area contributed by atoms with E-state index in [1.807, 2.05) is 24.3 Å². The van der Waals surface area contributed by atoms with Crippen molar-refractivity contribution in [3.63, 3.8) is 0 Å². The molecule has 0 atom stereocenters. The maximum atomic E-state index is 12.1. The van der Waals surface area contributed by atoms with E-state index in [9.17, 15) is 9.59 Å². The van der Waals surface area contributed by atoms with E-state index in [2.05, 4.69) is 4.98 Å². The molecular formula is C17H11Cl2NO3. The van der Waals surface area contributed by atoms with E-state index < -0.39 is 18.4 Å². The molecule has 0 aliphatic rings. The smallest absolute Gasteiger partial charge is 0.355 e. The predicted octanol–water partition coefficient (Wildman–Crippen LogP) is 4.51. The molecule has 3 rings (SSSR count). The Morgan fingerprint density at radius 1 is 1.04 bits per heavy atom. The van der Waals surface area contributed by atoms with E-state index in [0.717, 1.165) is 10.9 Å². The lowest BCUT2D eigenvalue weighted by molar-refractivity contribution is 0.0470. The normalized spacial score (nSPS) is 10.7. The van der Waals surface area contributed by atoms with E-state index >= 15 is 0 Å². The van der Waals surface area contributed by atoms with E-state index in [0.29, 0.717) is 10.7 Å². The SMILES string of the molecule is O=C(OCC(=O)c1ccc(Cl)cc1Cl)c1cc2ccccc2[nH]1. The van der Waals surface area contributed by atoms with Crippen molar-refractivity contribution in [1.29, 1.82) is 0 Å². The van der Waals surface area contributed by atoms with Crippen molar-refractivity contribution in [3.8, 4) is 0 Å². The highest BCUT2D eigenvalue weighted by Gasteiger charge is 2.16. The summed E-state index contributed by atoms with van der Waals surface area (Å²) in [6.07, 6.45) is 0. The van der Waals surface area contributed by atoms with Crippen LogP contribution in [0.3, 0.4) is 0 Å². The number of rotatable bonds is 4. The second kappa shape index (κ2) is 6.44. The molecule has 1 heterocycles. The van der Waals surface area contributed by atoms with Crippen LogP contribution in [-0.4, -0.2) is 23.3 Å². The Morgan fingerprint density at radius 3 is 2.57 bits per heavy atom. The molecule has 3 aromatic rings. The van der Waals surface area contributed by atoms with Crippen molar-refractivity contribution < 1.29 is 14.3 Å². The Kier molecular flexibility index (Phi) is 4.37. The second-order valence-corrected chi connectivity index (χ2v) is 5.74. The van der Waals surface area contributed by atoms with Crippen molar-refractivity contribution in [2.45, 2.75) is 0 Å². The number of carbonyl (C=O) groups is 2. The number of benzene rings is 2. The number of hydrogen-bond acceptors (Lipinski definition) is 3. The Morgan fingerprint density at radius 2 is 1.83 bits per heavy atom. The lowest BCUT2D eigenvalue weighted by atomic mass is 10.1. The third-order valence-electron chi connectivity index (χ3n) is 3.32. The van der Waals surface area contributed by atoms with Gasteiger partial charge in [0.15, 0.2) is 6.61 Å². The van der Waals surface area contributed by atoms with Gasteiger partial charge in [0.05, 0.1) is 5.02 Å². The first-order valence-electron chi connectivity index (χ1n) is 6.78. The molecule has 1 aromatic heterocycles. The van der Waals surface area contributed by atoms with Gasteiger partial charge in [-0.15, -0.1) is 0 Å². The van der Waals surface area contributed by atoms with Crippen LogP contribution in [0.1, 0.15) is 20.8 Å². The molecule has 0 amide bonds. The molecule has 23 heavy (non-hydrogen) atoms. The Labute approximate surface area is 142 Å². The molecular weight excluding hydrogens is 337 g/mol. The third-order valence-corrected chi connectivity index (χ3v) is 3.86. The fourth-order valence-corrected chi connectivity index (χ4v) is 2.70. The van der Waals surface area contributed by atoms with Crippen LogP contribution in [0.5, 0.6) is 0 Å². The number of fused-ring (bicyclic) bond motifs is 1. The van der Waals surface area contributed by atoms with Crippen LogP contribution < -0.4 is 0 Å². The summed E-state index contributed by atoms with van der Waals surface area (Å²) in [5, 5.41) is 1.55. The molecule has 4 nitrogen and oxygen atoms in total. The zero-order chi connectivity index (χ0) is 16.4. The van der Waals surface area contributed by atoms with E-state index in [1.165, 1.54) is 12.1 Å². The minimum Gasteiger partial charge on any atom is -0.453 e. The number of hydrogen-bond donors (Lipinski definition) is 1. The molecule has 0 unspecified atom stereocenters. The van der Waals surface area contributed by atoms with Gasteiger partial charge >= 0.3 is 5.97 Å². The van der Waals surface area contributed by atoms with Crippen molar-refractivity contribution in [1.82, 2.24) is 4.98 Å². The zero-order valence-electron chi connectivity index (χ0n) is 11.8. The van der Waals surface area contributed by atoms with Gasteiger partial charge in [0.25, 0.3) is 0 Å². The van der Waals surface area contributed by atoms with Crippen LogP contribution in [0, 0.1) is 0 Å². The monoisotopic (exact) mass is 347 g/mol. The Bertz CT molecular complexity index is 869. The van der Waals surface area contributed by atoms with Gasteiger partial charge in [-0.3, -0.25) is 4.79 Å². The van der Waals surface area contributed by atoms with E-state index in [4.69, 9.17) is 27.9 Å². The van der Waals surface area contributed by atoms with Gasteiger partial charge < -0.3 is 9.72 Å². The summed E-state index contributed by atoms with van der Waals surface area (Å²) in [6.45, 7) is -0.393. The number of para-hydroxylation sites is 1. The predicted molar refractivity (Wildman–Crippen MR) is 89.4 cm³/mol. The highest BCUT2D eigenvalue weighted by molar-refractivity contribution is 6.36. The number of aromatic nitrogens is 1. The molecule has 0 aliphatic heterocycles. The lowest BCUT2D eigenvalue weighted by Gasteiger charge is -2.05. The van der Waals surface area contributed by atoms with E-state index in [-0.39, 0.29) is 10.6 Å². The number of H-pyrrole nitrogens is 1. The molecule has 116 valence electrons. The number of nitrogens with one attached hydrogen (secondary N) is 1. The molecule has 0 saturated heterocycles. The van der Waals surface area contributed by atoms with E-state index in [1.54, 1.807) is 12.1 Å². The molecule has 0 bridgehead atoms. The van der Waals surface area contributed by atoms with Crippen LogP contribution in [0.15, 0.2) is 48.5 Å². The Balaban J connectivity index is 1.69. The van der Waals surface area contributed by atoms with Crippen LogP contribution in [0.2, 0.25) is 10.0 Å². The topological polar surface area (TPSA) is 59.2 Å². The molecule has 2 aromatic carbocycles. The van der Waals surface area contributed by atoms with Crippen LogP contribution >= 0.6 is 23.2 Å². The standard InChI is InChI=1S/C17H11Cl2NO3/c18-11-5-6-12(13(19)8-11)16(21)9-23-17(22)15-7-10-3-1-2-4-14(10)20-15/h1-8,20H,9H2. The number of Topliss-reactive ketones (excluding diaryl/α,β-unsaturated/α-hetero) is 1. The first-order valence-corrected chi connectivity index (χ1v) is 7.53. The van der Waals surface area contributed by atoms with Crippen molar-refractivity contribution in [2.75, 3.05) is 6.61 Å². The maximum absolute atomic E-state index is 12.1. The molecule has 0 radical (unpaired) electrons. The lowest BCUT2D eigenvalue weighted by Crippen LogP contribution is -2.14. The van der Waals surface area contributed by atoms with Gasteiger partial charge in [-0.2, -0.15) is 0 Å². The van der Waals surface area contributed by atoms with Gasteiger partial charge in [0, 0.05) is 21.5 Å².